The van der Waals surface area contributed by atoms with Gasteiger partial charge < -0.3 is 0 Å². The summed E-state index contributed by atoms with van der Waals surface area (Å²) in [5, 5.41) is 9.09. The van der Waals surface area contributed by atoms with Crippen LogP contribution in [0.1, 0.15) is 16.7 Å². The van der Waals surface area contributed by atoms with Gasteiger partial charge in [0, 0.05) is 26.3 Å². The predicted molar refractivity (Wildman–Crippen MR) is 88.0 cm³/mol. The summed E-state index contributed by atoms with van der Waals surface area (Å²) in [7, 11) is 0. The summed E-state index contributed by atoms with van der Waals surface area (Å²) in [5.41, 5.74) is -12.7. The van der Waals surface area contributed by atoms with Gasteiger partial charge in [0.15, 0.2) is 0 Å². The summed E-state index contributed by atoms with van der Waals surface area (Å²) in [4.78, 5) is 0. The first-order chi connectivity index (χ1) is 13.1. The average Bonchev–Trinajstić information content (AvgIpc) is 2.57. The lowest BCUT2D eigenvalue weighted by Gasteiger charge is -2.33. The lowest BCUT2D eigenvalue weighted by atomic mass is 9.84. The van der Waals surface area contributed by atoms with Gasteiger partial charge in [0.25, 0.3) is 0 Å². The van der Waals surface area contributed by atoms with Crippen LogP contribution in [-0.2, 0) is 11.8 Å². The van der Waals surface area contributed by atoms with Crippen molar-refractivity contribution in [1.82, 2.24) is 0 Å². The zero-order valence-electron chi connectivity index (χ0n) is 13.5. The van der Waals surface area contributed by atoms with E-state index in [1.54, 1.807) is 6.07 Å². The molecular formula is C17H5F10IN. The second-order valence-corrected chi connectivity index (χ2v) is 6.67. The molecule has 0 spiro atoms. The molecule has 0 N–H and O–H groups in total. The van der Waals surface area contributed by atoms with Gasteiger partial charge in [-0.1, -0.05) is 18.2 Å². The zero-order valence-corrected chi connectivity index (χ0v) is 15.6. The van der Waals surface area contributed by atoms with Crippen molar-refractivity contribution >= 4 is 22.6 Å². The molecule has 0 unspecified atom stereocenters. The van der Waals surface area contributed by atoms with Gasteiger partial charge in [-0.2, -0.15) is 44.8 Å². The van der Waals surface area contributed by atoms with Crippen molar-refractivity contribution in [3.63, 3.8) is 0 Å². The van der Waals surface area contributed by atoms with E-state index in [1.807, 2.05) is 0 Å². The molecule has 2 aromatic rings. The van der Waals surface area contributed by atoms with Crippen molar-refractivity contribution in [3.05, 3.63) is 56.7 Å². The summed E-state index contributed by atoms with van der Waals surface area (Å²) in [6, 6.07) is 6.80. The third kappa shape index (κ3) is 4.01. The zero-order chi connectivity index (χ0) is 22.4. The van der Waals surface area contributed by atoms with Crippen LogP contribution in [0.15, 0.2) is 30.3 Å². The molecule has 1 radical (unpaired) electrons. The van der Waals surface area contributed by atoms with Crippen LogP contribution in [0.2, 0.25) is 0 Å². The fourth-order valence-electron chi connectivity index (χ4n) is 2.50. The molecule has 0 bridgehead atoms. The molecule has 155 valence electrons. The lowest BCUT2D eigenvalue weighted by molar-refractivity contribution is -0.348. The molecule has 0 aliphatic rings. The molecule has 0 aromatic heterocycles. The first-order valence-electron chi connectivity index (χ1n) is 7.21. The standard InChI is InChI=1S/C17H5F10IN/c18-14(16(22,23)24,17(25,26)27)11-5-9(15(19,20)21)6-12(28)13(11)10-4-2-1-3-8(10)7-29/h1-5H. The van der Waals surface area contributed by atoms with Crippen molar-refractivity contribution in [2.24, 2.45) is 0 Å². The minimum absolute atomic E-state index is 0.466. The Morgan fingerprint density at radius 3 is 1.83 bits per heavy atom. The summed E-state index contributed by atoms with van der Waals surface area (Å²) in [5.74, 6) is 0. The Hall–Kier alpha value is -2.04. The van der Waals surface area contributed by atoms with Crippen molar-refractivity contribution in [2.75, 3.05) is 0 Å². The van der Waals surface area contributed by atoms with E-state index in [4.69, 9.17) is 5.26 Å². The molecule has 0 saturated heterocycles. The van der Waals surface area contributed by atoms with Crippen LogP contribution in [-0.4, -0.2) is 12.4 Å². The highest BCUT2D eigenvalue weighted by atomic mass is 127. The molecule has 0 aliphatic carbocycles. The van der Waals surface area contributed by atoms with Crippen LogP contribution in [0.5, 0.6) is 0 Å². The van der Waals surface area contributed by atoms with Gasteiger partial charge in [-0.25, -0.2) is 4.39 Å². The number of nitrogens with zero attached hydrogens (tertiary/aromatic N) is 1. The monoisotopic (exact) mass is 540 g/mol. The van der Waals surface area contributed by atoms with Gasteiger partial charge in [0.05, 0.1) is 17.2 Å². The highest BCUT2D eigenvalue weighted by Gasteiger charge is 2.74. The molecule has 0 aliphatic heterocycles. The molecule has 2 aromatic carbocycles. The molecule has 1 nitrogen and oxygen atoms in total. The van der Waals surface area contributed by atoms with E-state index >= 15 is 0 Å². The Morgan fingerprint density at radius 2 is 1.38 bits per heavy atom. The van der Waals surface area contributed by atoms with E-state index in [0.717, 1.165) is 40.8 Å². The maximum atomic E-state index is 14.8. The van der Waals surface area contributed by atoms with Crippen molar-refractivity contribution < 1.29 is 43.9 Å². The third-order valence-electron chi connectivity index (χ3n) is 3.80. The molecule has 0 fully saturated rings. The largest absolute Gasteiger partial charge is 0.435 e. The molecule has 29 heavy (non-hydrogen) atoms. The number of benzene rings is 2. The molecular weight excluding hydrogens is 535 g/mol. The summed E-state index contributed by atoms with van der Waals surface area (Å²) >= 11 is 1.02. The van der Waals surface area contributed by atoms with Gasteiger partial charge in [0.1, 0.15) is 0 Å². The van der Waals surface area contributed by atoms with E-state index in [9.17, 15) is 43.9 Å². The van der Waals surface area contributed by atoms with Crippen LogP contribution in [0.3, 0.4) is 0 Å². The van der Waals surface area contributed by atoms with E-state index < -0.39 is 61.7 Å². The summed E-state index contributed by atoms with van der Waals surface area (Å²) < 4.78 is 133. The van der Waals surface area contributed by atoms with Crippen molar-refractivity contribution in [2.45, 2.75) is 24.2 Å². The third-order valence-corrected chi connectivity index (χ3v) is 4.61. The van der Waals surface area contributed by atoms with Crippen LogP contribution in [0.25, 0.3) is 11.1 Å². The molecule has 0 heterocycles. The fourth-order valence-corrected chi connectivity index (χ4v) is 3.38. The Bertz CT molecular complexity index is 952. The van der Waals surface area contributed by atoms with Gasteiger partial charge in [0.2, 0.25) is 0 Å². The van der Waals surface area contributed by atoms with Crippen LogP contribution < -0.4 is 0 Å². The van der Waals surface area contributed by atoms with Crippen LogP contribution in [0, 0.1) is 21.0 Å². The molecule has 0 amide bonds. The van der Waals surface area contributed by atoms with Gasteiger partial charge >= 0.3 is 24.2 Å². The summed E-state index contributed by atoms with van der Waals surface area (Å²) in [6.07, 6.45) is -18.7. The number of halogens is 11. The number of rotatable bonds is 2. The highest BCUT2D eigenvalue weighted by molar-refractivity contribution is 14.1. The number of hydrogen-bond donors (Lipinski definition) is 0. The Labute approximate surface area is 170 Å². The van der Waals surface area contributed by atoms with E-state index in [1.165, 1.54) is 12.1 Å². The normalized spacial score (nSPS) is 13.3. The topological polar surface area (TPSA) is 23.8 Å². The van der Waals surface area contributed by atoms with Gasteiger partial charge in [-0.3, -0.25) is 0 Å². The van der Waals surface area contributed by atoms with Crippen molar-refractivity contribution in [1.29, 1.82) is 5.26 Å². The maximum absolute atomic E-state index is 14.8. The number of alkyl halides is 10. The Balaban J connectivity index is 3.10. The Kier molecular flexibility index (Phi) is 5.88. The van der Waals surface area contributed by atoms with Crippen LogP contribution >= 0.6 is 22.6 Å². The lowest BCUT2D eigenvalue weighted by Crippen LogP contribution is -2.51. The first kappa shape index (κ1) is 23.2. The average molecular weight is 540 g/mol. The van der Waals surface area contributed by atoms with E-state index in [-0.39, 0.29) is 0 Å². The quantitative estimate of drug-likeness (QED) is 0.299. The minimum atomic E-state index is -6.64. The predicted octanol–water partition coefficient (Wildman–Crippen LogP) is 6.94. The van der Waals surface area contributed by atoms with Gasteiger partial charge in [-0.05, 0) is 34.7 Å². The van der Waals surface area contributed by atoms with Crippen LogP contribution in [0.4, 0.5) is 43.9 Å². The smallest absolute Gasteiger partial charge is 0.218 e. The first-order valence-corrected chi connectivity index (χ1v) is 8.29. The molecule has 2 rings (SSSR count). The number of hydrogen-bond acceptors (Lipinski definition) is 1. The SMILES string of the molecule is N#Cc1ccccc1-c1c(I)[c]c(C(F)(F)F)cc1C(F)(C(F)(F)F)C(F)(F)F. The number of nitriles is 1. The molecule has 0 atom stereocenters. The fraction of sp³-hybridized carbons (Fsp3) is 0.235. The van der Waals surface area contributed by atoms with Crippen molar-refractivity contribution in [3.8, 4) is 17.2 Å². The Morgan fingerprint density at radius 1 is 0.862 bits per heavy atom. The minimum Gasteiger partial charge on any atom is -0.218 e. The van der Waals surface area contributed by atoms with E-state index in [2.05, 4.69) is 0 Å². The molecule has 12 heteroatoms. The second kappa shape index (κ2) is 7.33. The second-order valence-electron chi connectivity index (χ2n) is 5.59. The highest BCUT2D eigenvalue weighted by Crippen LogP contribution is 2.56. The van der Waals surface area contributed by atoms with E-state index in [0.29, 0.717) is 0 Å². The van der Waals surface area contributed by atoms with Gasteiger partial charge in [-0.15, -0.1) is 0 Å². The maximum Gasteiger partial charge on any atom is 0.435 e. The summed E-state index contributed by atoms with van der Waals surface area (Å²) in [6.45, 7) is 0. The molecule has 0 saturated carbocycles.